The van der Waals surface area contributed by atoms with Gasteiger partial charge in [-0.15, -0.1) is 0 Å². The first-order valence-electron chi connectivity index (χ1n) is 5.71. The zero-order valence-electron chi connectivity index (χ0n) is 9.25. The molecular formula is C11H22N2O. The van der Waals surface area contributed by atoms with Gasteiger partial charge in [0.2, 0.25) is 5.91 Å². The fourth-order valence-corrected chi connectivity index (χ4v) is 2.09. The van der Waals surface area contributed by atoms with Crippen LogP contribution in [0, 0.1) is 5.92 Å². The molecule has 1 aliphatic carbocycles. The first-order chi connectivity index (χ1) is 6.65. The van der Waals surface area contributed by atoms with Crippen molar-refractivity contribution in [3.63, 3.8) is 0 Å². The molecule has 1 rings (SSSR count). The number of nitrogens with one attached hydrogen (secondary N) is 1. The Morgan fingerprint density at radius 3 is 2.57 bits per heavy atom. The van der Waals surface area contributed by atoms with E-state index in [9.17, 15) is 4.79 Å². The molecule has 0 aromatic heterocycles. The molecule has 3 heteroatoms. The Morgan fingerprint density at radius 2 is 2.07 bits per heavy atom. The zero-order chi connectivity index (χ0) is 10.6. The van der Waals surface area contributed by atoms with E-state index in [1.165, 1.54) is 25.7 Å². The van der Waals surface area contributed by atoms with Crippen LogP contribution in [0.4, 0.5) is 0 Å². The van der Waals surface area contributed by atoms with Gasteiger partial charge >= 0.3 is 0 Å². The van der Waals surface area contributed by atoms with Crippen molar-refractivity contribution in [2.45, 2.75) is 58.0 Å². The van der Waals surface area contributed by atoms with Crippen molar-refractivity contribution in [2.24, 2.45) is 11.7 Å². The van der Waals surface area contributed by atoms with Crippen LogP contribution in [-0.2, 0) is 4.79 Å². The summed E-state index contributed by atoms with van der Waals surface area (Å²) in [5.41, 5.74) is 5.65. The monoisotopic (exact) mass is 198 g/mol. The Labute approximate surface area is 86.4 Å². The van der Waals surface area contributed by atoms with Gasteiger partial charge in [-0.1, -0.05) is 19.8 Å². The van der Waals surface area contributed by atoms with Crippen molar-refractivity contribution in [1.82, 2.24) is 5.32 Å². The van der Waals surface area contributed by atoms with Gasteiger partial charge in [-0.25, -0.2) is 0 Å². The lowest BCUT2D eigenvalue weighted by atomic mass is 9.99. The van der Waals surface area contributed by atoms with E-state index in [1.54, 1.807) is 0 Å². The van der Waals surface area contributed by atoms with Gasteiger partial charge in [0.05, 0.1) is 6.04 Å². The molecule has 82 valence electrons. The SMILES string of the molecule is CC[C@H](N)C(=O)N[C@@H](C)C1CCCC1. The summed E-state index contributed by atoms with van der Waals surface area (Å²) in [5, 5.41) is 3.01. The Morgan fingerprint density at radius 1 is 1.50 bits per heavy atom. The molecule has 0 aromatic carbocycles. The van der Waals surface area contributed by atoms with E-state index in [4.69, 9.17) is 5.73 Å². The molecule has 2 atom stereocenters. The minimum Gasteiger partial charge on any atom is -0.352 e. The highest BCUT2D eigenvalue weighted by Crippen LogP contribution is 2.27. The molecular weight excluding hydrogens is 176 g/mol. The Balaban J connectivity index is 2.31. The fourth-order valence-electron chi connectivity index (χ4n) is 2.09. The number of rotatable bonds is 4. The average Bonchev–Trinajstić information content (AvgIpc) is 2.69. The molecule has 3 nitrogen and oxygen atoms in total. The van der Waals surface area contributed by atoms with Crippen LogP contribution >= 0.6 is 0 Å². The summed E-state index contributed by atoms with van der Waals surface area (Å²) >= 11 is 0. The van der Waals surface area contributed by atoms with E-state index in [2.05, 4.69) is 12.2 Å². The van der Waals surface area contributed by atoms with E-state index >= 15 is 0 Å². The summed E-state index contributed by atoms with van der Waals surface area (Å²) in [6.45, 7) is 4.03. The third-order valence-electron chi connectivity index (χ3n) is 3.25. The molecule has 0 unspecified atom stereocenters. The van der Waals surface area contributed by atoms with Crippen molar-refractivity contribution in [2.75, 3.05) is 0 Å². The summed E-state index contributed by atoms with van der Waals surface area (Å²) in [6, 6.07) is -0.0403. The normalized spacial score (nSPS) is 21.9. The molecule has 0 saturated heterocycles. The number of amides is 1. The third kappa shape index (κ3) is 2.98. The predicted molar refractivity (Wildman–Crippen MR) is 57.8 cm³/mol. The molecule has 0 aromatic rings. The van der Waals surface area contributed by atoms with Crippen LogP contribution in [-0.4, -0.2) is 18.0 Å². The Hall–Kier alpha value is -0.570. The molecule has 14 heavy (non-hydrogen) atoms. The minimum absolute atomic E-state index is 0.00639. The maximum Gasteiger partial charge on any atom is 0.237 e. The number of hydrogen-bond acceptors (Lipinski definition) is 2. The Kier molecular flexibility index (Phi) is 4.39. The molecule has 0 radical (unpaired) electrons. The second-order valence-corrected chi connectivity index (χ2v) is 4.36. The average molecular weight is 198 g/mol. The second-order valence-electron chi connectivity index (χ2n) is 4.36. The molecule has 1 aliphatic rings. The van der Waals surface area contributed by atoms with E-state index in [0.29, 0.717) is 18.4 Å². The highest BCUT2D eigenvalue weighted by atomic mass is 16.2. The smallest absolute Gasteiger partial charge is 0.237 e. The summed E-state index contributed by atoms with van der Waals surface area (Å²) in [6.07, 6.45) is 5.84. The topological polar surface area (TPSA) is 55.1 Å². The van der Waals surface area contributed by atoms with E-state index in [1.807, 2.05) is 6.92 Å². The maximum atomic E-state index is 11.5. The quantitative estimate of drug-likeness (QED) is 0.717. The van der Waals surface area contributed by atoms with Gasteiger partial charge in [-0.05, 0) is 32.1 Å². The van der Waals surface area contributed by atoms with Crippen LogP contribution in [0.5, 0.6) is 0 Å². The van der Waals surface area contributed by atoms with Crippen molar-refractivity contribution in [1.29, 1.82) is 0 Å². The van der Waals surface area contributed by atoms with Crippen molar-refractivity contribution in [3.05, 3.63) is 0 Å². The fraction of sp³-hybridized carbons (Fsp3) is 0.909. The van der Waals surface area contributed by atoms with Crippen LogP contribution in [0.3, 0.4) is 0 Å². The molecule has 0 heterocycles. The van der Waals surface area contributed by atoms with Gasteiger partial charge in [0.1, 0.15) is 0 Å². The van der Waals surface area contributed by atoms with E-state index < -0.39 is 0 Å². The van der Waals surface area contributed by atoms with Gasteiger partial charge in [-0.3, -0.25) is 4.79 Å². The van der Waals surface area contributed by atoms with Crippen molar-refractivity contribution in [3.8, 4) is 0 Å². The Bertz CT molecular complexity index is 188. The van der Waals surface area contributed by atoms with Crippen LogP contribution < -0.4 is 11.1 Å². The first kappa shape index (κ1) is 11.5. The van der Waals surface area contributed by atoms with E-state index in [0.717, 1.165) is 0 Å². The number of carbonyl (C=O) groups is 1. The highest BCUT2D eigenvalue weighted by Gasteiger charge is 2.23. The lowest BCUT2D eigenvalue weighted by molar-refractivity contribution is -0.123. The van der Waals surface area contributed by atoms with Crippen molar-refractivity contribution >= 4 is 5.91 Å². The van der Waals surface area contributed by atoms with Crippen molar-refractivity contribution < 1.29 is 4.79 Å². The third-order valence-corrected chi connectivity index (χ3v) is 3.25. The summed E-state index contributed by atoms with van der Waals surface area (Å²) in [7, 11) is 0. The van der Waals surface area contributed by atoms with Gasteiger partial charge in [0.25, 0.3) is 0 Å². The summed E-state index contributed by atoms with van der Waals surface area (Å²) in [4.78, 5) is 11.5. The van der Waals surface area contributed by atoms with Gasteiger partial charge in [0, 0.05) is 6.04 Å². The van der Waals surface area contributed by atoms with Crippen LogP contribution in [0.1, 0.15) is 46.0 Å². The number of hydrogen-bond donors (Lipinski definition) is 2. The molecule has 1 fully saturated rings. The van der Waals surface area contributed by atoms with Crippen LogP contribution in [0.25, 0.3) is 0 Å². The first-order valence-corrected chi connectivity index (χ1v) is 5.71. The molecule has 1 amide bonds. The molecule has 0 spiro atoms. The predicted octanol–water partition coefficient (Wildman–Crippen LogP) is 1.42. The maximum absolute atomic E-state index is 11.5. The van der Waals surface area contributed by atoms with E-state index in [-0.39, 0.29) is 11.9 Å². The summed E-state index contributed by atoms with van der Waals surface area (Å²) in [5.74, 6) is 0.676. The minimum atomic E-state index is -0.334. The van der Waals surface area contributed by atoms with Gasteiger partial charge in [-0.2, -0.15) is 0 Å². The van der Waals surface area contributed by atoms with Gasteiger partial charge < -0.3 is 11.1 Å². The second kappa shape index (κ2) is 5.35. The molecule has 1 saturated carbocycles. The standard InChI is InChI=1S/C11H22N2O/c1-3-10(12)11(14)13-8(2)9-6-4-5-7-9/h8-10H,3-7,12H2,1-2H3,(H,13,14)/t8-,10-/m0/s1. The molecule has 0 bridgehead atoms. The van der Waals surface area contributed by atoms with Crippen LogP contribution in [0.2, 0.25) is 0 Å². The number of carbonyl (C=O) groups excluding carboxylic acids is 1. The largest absolute Gasteiger partial charge is 0.352 e. The molecule has 3 N–H and O–H groups in total. The highest BCUT2D eigenvalue weighted by molar-refractivity contribution is 5.81. The van der Waals surface area contributed by atoms with Gasteiger partial charge in [0.15, 0.2) is 0 Å². The van der Waals surface area contributed by atoms with Crippen LogP contribution in [0.15, 0.2) is 0 Å². The lowest BCUT2D eigenvalue weighted by Gasteiger charge is -2.22. The number of nitrogens with two attached hydrogens (primary N) is 1. The zero-order valence-corrected chi connectivity index (χ0v) is 9.25. The lowest BCUT2D eigenvalue weighted by Crippen LogP contribution is -2.46. The molecule has 0 aliphatic heterocycles. The summed E-state index contributed by atoms with van der Waals surface area (Å²) < 4.78 is 0.